The Morgan fingerprint density at radius 3 is 2.87 bits per heavy atom. The van der Waals surface area contributed by atoms with E-state index in [4.69, 9.17) is 0 Å². The third kappa shape index (κ3) is 2.10. The Hall–Kier alpha value is -1.97. The molecule has 0 radical (unpaired) electrons. The Bertz CT molecular complexity index is 450. The number of hydrogen-bond donors (Lipinski definition) is 1. The number of phenols is 1. The van der Waals surface area contributed by atoms with Crippen molar-refractivity contribution in [1.29, 1.82) is 0 Å². The molecule has 0 saturated heterocycles. The molecule has 1 N–H and O–H groups in total. The van der Waals surface area contributed by atoms with Crippen LogP contribution >= 0.6 is 0 Å². The Morgan fingerprint density at radius 1 is 1.40 bits per heavy atom. The molecule has 0 spiro atoms. The molecular weight excluding hydrogens is 192 g/mol. The predicted molar refractivity (Wildman–Crippen MR) is 57.6 cm³/mol. The van der Waals surface area contributed by atoms with Crippen LogP contribution in [0.4, 0.5) is 0 Å². The van der Waals surface area contributed by atoms with Crippen LogP contribution < -0.4 is 0 Å². The zero-order valence-corrected chi connectivity index (χ0v) is 8.05. The van der Waals surface area contributed by atoms with Gasteiger partial charge in [-0.1, -0.05) is 12.1 Å². The van der Waals surface area contributed by atoms with Gasteiger partial charge in [0.1, 0.15) is 5.75 Å². The van der Waals surface area contributed by atoms with Crippen LogP contribution in [0.25, 0.3) is 0 Å². The van der Waals surface area contributed by atoms with Crippen molar-refractivity contribution in [3.05, 3.63) is 29.8 Å². The van der Waals surface area contributed by atoms with E-state index in [0.29, 0.717) is 12.0 Å². The topological polar surface area (TPSA) is 62.0 Å². The molecule has 0 bridgehead atoms. The normalized spacial score (nSPS) is 14.0. The molecule has 0 unspecified atom stereocenters. The second-order valence-electron chi connectivity index (χ2n) is 3.29. The molecule has 0 fully saturated rings. The highest BCUT2D eigenvalue weighted by molar-refractivity contribution is 6.14. The first-order valence-corrected chi connectivity index (χ1v) is 4.66. The zero-order chi connectivity index (χ0) is 10.7. The number of benzene rings is 1. The van der Waals surface area contributed by atoms with E-state index >= 15 is 0 Å². The lowest BCUT2D eigenvalue weighted by molar-refractivity contribution is 0.0998. The van der Waals surface area contributed by atoms with Crippen LogP contribution in [0, 0.1) is 0 Å². The van der Waals surface area contributed by atoms with Gasteiger partial charge in [0.25, 0.3) is 0 Å². The van der Waals surface area contributed by atoms with Crippen molar-refractivity contribution in [2.75, 3.05) is 0 Å². The van der Waals surface area contributed by atoms with Crippen LogP contribution in [0.1, 0.15) is 23.2 Å². The summed E-state index contributed by atoms with van der Waals surface area (Å²) in [6.07, 6.45) is 2.50. The molecule has 0 saturated carbocycles. The average Bonchev–Trinajstić information content (AvgIpc) is 2.71. The van der Waals surface area contributed by atoms with Gasteiger partial charge in [0, 0.05) is 12.6 Å². The number of nitrogens with zero attached hydrogens (tertiary/aromatic N) is 2. The number of carbonyl (C=O) groups is 1. The van der Waals surface area contributed by atoms with Gasteiger partial charge in [0.2, 0.25) is 0 Å². The summed E-state index contributed by atoms with van der Waals surface area (Å²) in [4.78, 5) is 11.7. The molecule has 1 heterocycles. The molecule has 1 aromatic carbocycles. The minimum absolute atomic E-state index is 0.0158. The van der Waals surface area contributed by atoms with Crippen LogP contribution in [0.2, 0.25) is 0 Å². The van der Waals surface area contributed by atoms with Crippen LogP contribution in [0.5, 0.6) is 5.75 Å². The van der Waals surface area contributed by atoms with Crippen molar-refractivity contribution in [2.45, 2.75) is 12.8 Å². The quantitative estimate of drug-likeness (QED) is 0.759. The summed E-state index contributed by atoms with van der Waals surface area (Å²) in [7, 11) is 0. The standard InChI is InChI=1S/C11H10N2O2/c14-10-4-2-1-3-9(10)11(15)7-8-5-6-12-13-8/h1-4,6,14H,5,7H2. The van der Waals surface area contributed by atoms with Gasteiger partial charge in [0.15, 0.2) is 5.78 Å². The number of Topliss-reactive ketones (excluding diaryl/α,β-unsaturated/α-hetero) is 1. The Kier molecular flexibility index (Phi) is 2.58. The molecule has 0 atom stereocenters. The average molecular weight is 202 g/mol. The number of carbonyl (C=O) groups excluding carboxylic acids is 1. The van der Waals surface area contributed by atoms with E-state index in [-0.39, 0.29) is 18.0 Å². The molecule has 0 aliphatic carbocycles. The number of aromatic hydroxyl groups is 1. The molecule has 1 aliphatic rings. The molecule has 0 aromatic heterocycles. The monoisotopic (exact) mass is 202 g/mol. The first-order chi connectivity index (χ1) is 7.27. The largest absolute Gasteiger partial charge is 0.507 e. The maximum Gasteiger partial charge on any atom is 0.172 e. The van der Waals surface area contributed by atoms with Gasteiger partial charge in [-0.15, -0.1) is 0 Å². The van der Waals surface area contributed by atoms with E-state index in [1.54, 1.807) is 24.4 Å². The first-order valence-electron chi connectivity index (χ1n) is 4.66. The second-order valence-corrected chi connectivity index (χ2v) is 3.29. The summed E-state index contributed by atoms with van der Waals surface area (Å²) in [5, 5.41) is 17.0. The number of para-hydroxylation sites is 1. The number of rotatable bonds is 3. The molecule has 15 heavy (non-hydrogen) atoms. The maximum atomic E-state index is 11.7. The third-order valence-electron chi connectivity index (χ3n) is 2.18. The summed E-state index contributed by atoms with van der Waals surface area (Å²) < 4.78 is 0. The van der Waals surface area contributed by atoms with Crippen LogP contribution in [-0.4, -0.2) is 22.8 Å². The van der Waals surface area contributed by atoms with E-state index in [0.717, 1.165) is 5.71 Å². The van der Waals surface area contributed by atoms with E-state index in [2.05, 4.69) is 10.2 Å². The van der Waals surface area contributed by atoms with Crippen molar-refractivity contribution in [2.24, 2.45) is 10.2 Å². The van der Waals surface area contributed by atoms with E-state index in [1.807, 2.05) is 0 Å². The lowest BCUT2D eigenvalue weighted by Gasteiger charge is -2.02. The van der Waals surface area contributed by atoms with Crippen molar-refractivity contribution in [3.8, 4) is 5.75 Å². The van der Waals surface area contributed by atoms with Crippen molar-refractivity contribution < 1.29 is 9.90 Å². The van der Waals surface area contributed by atoms with Crippen LogP contribution in [0.15, 0.2) is 34.5 Å². The molecular formula is C11H10N2O2. The van der Waals surface area contributed by atoms with Gasteiger partial charge < -0.3 is 5.11 Å². The minimum Gasteiger partial charge on any atom is -0.507 e. The van der Waals surface area contributed by atoms with Gasteiger partial charge in [-0.2, -0.15) is 10.2 Å². The highest BCUT2D eigenvalue weighted by Gasteiger charge is 2.14. The molecule has 4 nitrogen and oxygen atoms in total. The lowest BCUT2D eigenvalue weighted by atomic mass is 10.0. The molecule has 2 rings (SSSR count). The maximum absolute atomic E-state index is 11.7. The summed E-state index contributed by atoms with van der Waals surface area (Å²) in [5.41, 5.74) is 1.08. The summed E-state index contributed by atoms with van der Waals surface area (Å²) in [5.74, 6) is -0.112. The molecule has 4 heteroatoms. The Labute approximate surface area is 87.0 Å². The minimum atomic E-state index is -0.127. The summed E-state index contributed by atoms with van der Waals surface area (Å²) in [6.45, 7) is 0. The third-order valence-corrected chi connectivity index (χ3v) is 2.18. The molecule has 76 valence electrons. The lowest BCUT2D eigenvalue weighted by Crippen LogP contribution is -2.07. The van der Waals surface area contributed by atoms with Gasteiger partial charge in [0.05, 0.1) is 17.7 Å². The SMILES string of the molecule is O=C(CC1=NN=CC1)c1ccccc1O. The first kappa shape index (κ1) is 9.58. The molecule has 1 aromatic rings. The van der Waals surface area contributed by atoms with Gasteiger partial charge in [-0.05, 0) is 12.1 Å². The zero-order valence-electron chi connectivity index (χ0n) is 8.05. The van der Waals surface area contributed by atoms with Crippen molar-refractivity contribution >= 4 is 17.7 Å². The summed E-state index contributed by atoms with van der Waals surface area (Å²) >= 11 is 0. The fourth-order valence-corrected chi connectivity index (χ4v) is 1.41. The number of ketones is 1. The van der Waals surface area contributed by atoms with Crippen molar-refractivity contribution in [1.82, 2.24) is 0 Å². The van der Waals surface area contributed by atoms with Crippen LogP contribution in [0.3, 0.4) is 0 Å². The number of hydrogen-bond acceptors (Lipinski definition) is 4. The van der Waals surface area contributed by atoms with E-state index < -0.39 is 0 Å². The van der Waals surface area contributed by atoms with Gasteiger partial charge in [-0.25, -0.2) is 0 Å². The molecule has 0 amide bonds. The van der Waals surface area contributed by atoms with Crippen molar-refractivity contribution in [3.63, 3.8) is 0 Å². The highest BCUT2D eigenvalue weighted by atomic mass is 16.3. The summed E-state index contributed by atoms with van der Waals surface area (Å²) in [6, 6.07) is 6.51. The Balaban J connectivity index is 2.11. The van der Waals surface area contributed by atoms with E-state index in [1.165, 1.54) is 6.07 Å². The van der Waals surface area contributed by atoms with Crippen LogP contribution in [-0.2, 0) is 0 Å². The van der Waals surface area contributed by atoms with Gasteiger partial charge in [-0.3, -0.25) is 4.79 Å². The highest BCUT2D eigenvalue weighted by Crippen LogP contribution is 2.18. The smallest absolute Gasteiger partial charge is 0.172 e. The molecule has 1 aliphatic heterocycles. The van der Waals surface area contributed by atoms with Gasteiger partial charge >= 0.3 is 0 Å². The second kappa shape index (κ2) is 4.04. The predicted octanol–water partition coefficient (Wildman–Crippen LogP) is 1.80. The number of phenolic OH excluding ortho intramolecular Hbond substituents is 1. The Morgan fingerprint density at radius 2 is 2.20 bits per heavy atom. The fraction of sp³-hybridized carbons (Fsp3) is 0.182. The fourth-order valence-electron chi connectivity index (χ4n) is 1.41. The van der Waals surface area contributed by atoms with E-state index in [9.17, 15) is 9.90 Å².